The number of fused-ring (bicyclic) bond motifs is 2. The number of hydrogen-bond acceptors (Lipinski definition) is 8. The molecule has 6 rings (SSSR count). The topological polar surface area (TPSA) is 141 Å². The van der Waals surface area contributed by atoms with E-state index in [0.29, 0.717) is 28.5 Å². The third kappa shape index (κ3) is 4.67. The van der Waals surface area contributed by atoms with Gasteiger partial charge in [0, 0.05) is 36.0 Å². The SMILES string of the molecule is C=N/C(C)=C\N(C)c1cncc2[nH]c(-c3n[nH]c4cnc(-c5cncc(NC(=O)c6ccccc6)c5)cc34)nc12. The van der Waals surface area contributed by atoms with Gasteiger partial charge in [-0.05, 0) is 37.9 Å². The number of rotatable bonds is 7. The fourth-order valence-corrected chi connectivity index (χ4v) is 4.38. The van der Waals surface area contributed by atoms with E-state index in [1.54, 1.807) is 43.1 Å². The molecule has 11 nitrogen and oxygen atoms in total. The van der Waals surface area contributed by atoms with Crippen LogP contribution in [0, 0.1) is 0 Å². The first kappa shape index (κ1) is 24.6. The zero-order valence-electron chi connectivity index (χ0n) is 21.8. The highest BCUT2D eigenvalue weighted by atomic mass is 16.1. The molecule has 0 spiro atoms. The summed E-state index contributed by atoms with van der Waals surface area (Å²) in [5.74, 6) is 0.376. The van der Waals surface area contributed by atoms with Gasteiger partial charge < -0.3 is 15.2 Å². The molecule has 6 aromatic rings. The van der Waals surface area contributed by atoms with Crippen molar-refractivity contribution in [2.45, 2.75) is 6.92 Å². The Kier molecular flexibility index (Phi) is 6.29. The molecule has 0 aliphatic carbocycles. The minimum Gasteiger partial charge on any atom is -0.346 e. The van der Waals surface area contributed by atoms with Crippen LogP contribution < -0.4 is 10.2 Å². The van der Waals surface area contributed by atoms with Crippen LogP contribution in [0.2, 0.25) is 0 Å². The van der Waals surface area contributed by atoms with Crippen LogP contribution in [-0.2, 0) is 0 Å². The summed E-state index contributed by atoms with van der Waals surface area (Å²) >= 11 is 0. The van der Waals surface area contributed by atoms with Crippen LogP contribution in [0.5, 0.6) is 0 Å². The van der Waals surface area contributed by atoms with Gasteiger partial charge in [-0.25, -0.2) is 4.98 Å². The maximum Gasteiger partial charge on any atom is 0.255 e. The monoisotopic (exact) mass is 528 g/mol. The van der Waals surface area contributed by atoms with Crippen LogP contribution in [-0.4, -0.2) is 54.8 Å². The van der Waals surface area contributed by atoms with Crippen molar-refractivity contribution >= 4 is 45.9 Å². The molecular formula is C29H24N10O. The van der Waals surface area contributed by atoms with Crippen molar-refractivity contribution in [2.75, 3.05) is 17.3 Å². The fraction of sp³-hybridized carbons (Fsp3) is 0.0690. The Morgan fingerprint density at radius 1 is 1.05 bits per heavy atom. The van der Waals surface area contributed by atoms with Crippen LogP contribution in [0.15, 0.2) is 90.3 Å². The Bertz CT molecular complexity index is 1900. The van der Waals surface area contributed by atoms with Crippen molar-refractivity contribution < 1.29 is 4.79 Å². The van der Waals surface area contributed by atoms with Gasteiger partial charge in [0.2, 0.25) is 0 Å². The highest BCUT2D eigenvalue weighted by Crippen LogP contribution is 2.31. The number of carbonyl (C=O) groups is 1. The Hall–Kier alpha value is -5.71. The Labute approximate surface area is 228 Å². The third-order valence-corrected chi connectivity index (χ3v) is 6.38. The van der Waals surface area contributed by atoms with E-state index in [1.807, 2.05) is 55.4 Å². The predicted octanol–water partition coefficient (Wildman–Crippen LogP) is 5.21. The number of nitrogens with zero attached hydrogens (tertiary/aromatic N) is 7. The molecule has 5 aromatic heterocycles. The zero-order chi connectivity index (χ0) is 27.6. The standard InChI is InChI=1S/C29H24N10O/c1-17(30-2)16-39(3)25-15-32-13-24-27(25)36-28(35-24)26-21-10-22(33-14-23(21)37-38-26)19-9-20(12-31-11-19)34-29(40)18-7-5-4-6-8-18/h4-16H,2H2,1,3H3,(H,34,40)(H,35,36)(H,37,38)/b17-16-. The summed E-state index contributed by atoms with van der Waals surface area (Å²) in [6.45, 7) is 5.45. The van der Waals surface area contributed by atoms with E-state index in [0.717, 1.165) is 38.9 Å². The fourth-order valence-electron chi connectivity index (χ4n) is 4.38. The minimum atomic E-state index is -0.212. The lowest BCUT2D eigenvalue weighted by Gasteiger charge is -2.14. The van der Waals surface area contributed by atoms with Gasteiger partial charge in [-0.15, -0.1) is 0 Å². The maximum atomic E-state index is 12.6. The third-order valence-electron chi connectivity index (χ3n) is 6.38. The largest absolute Gasteiger partial charge is 0.346 e. The van der Waals surface area contributed by atoms with E-state index in [2.05, 4.69) is 47.2 Å². The number of anilines is 2. The van der Waals surface area contributed by atoms with Crippen molar-refractivity contribution in [3.8, 4) is 22.8 Å². The smallest absolute Gasteiger partial charge is 0.255 e. The Morgan fingerprint density at radius 3 is 2.70 bits per heavy atom. The highest BCUT2D eigenvalue weighted by molar-refractivity contribution is 6.04. The number of imidazole rings is 1. The Balaban J connectivity index is 1.35. The minimum absolute atomic E-state index is 0.212. The molecule has 0 saturated heterocycles. The number of aromatic nitrogens is 7. The zero-order valence-corrected chi connectivity index (χ0v) is 21.8. The van der Waals surface area contributed by atoms with Crippen LogP contribution in [0.4, 0.5) is 11.4 Å². The summed E-state index contributed by atoms with van der Waals surface area (Å²) in [4.78, 5) is 39.9. The van der Waals surface area contributed by atoms with Crippen LogP contribution in [0.3, 0.4) is 0 Å². The number of nitrogens with one attached hydrogen (secondary N) is 3. The lowest BCUT2D eigenvalue weighted by atomic mass is 10.1. The number of H-pyrrole nitrogens is 2. The molecular weight excluding hydrogens is 504 g/mol. The lowest BCUT2D eigenvalue weighted by Crippen LogP contribution is -2.11. The summed E-state index contributed by atoms with van der Waals surface area (Å²) in [6.07, 6.45) is 10.4. The molecule has 1 amide bonds. The molecule has 11 heteroatoms. The first-order valence-corrected chi connectivity index (χ1v) is 12.4. The normalized spacial score (nSPS) is 11.6. The molecule has 0 fully saturated rings. The number of carbonyl (C=O) groups excluding carboxylic acids is 1. The van der Waals surface area contributed by atoms with E-state index in [4.69, 9.17) is 4.98 Å². The van der Waals surface area contributed by atoms with E-state index in [-0.39, 0.29) is 5.91 Å². The molecule has 0 unspecified atom stereocenters. The first-order valence-electron chi connectivity index (χ1n) is 12.4. The molecule has 0 aliphatic rings. The first-order chi connectivity index (χ1) is 19.5. The molecule has 196 valence electrons. The molecule has 3 N–H and O–H groups in total. The molecule has 0 aliphatic heterocycles. The van der Waals surface area contributed by atoms with Crippen molar-refractivity contribution in [1.29, 1.82) is 0 Å². The highest BCUT2D eigenvalue weighted by Gasteiger charge is 2.17. The van der Waals surface area contributed by atoms with Crippen LogP contribution in [0.1, 0.15) is 17.3 Å². The van der Waals surface area contributed by atoms with Crippen molar-refractivity contribution in [1.82, 2.24) is 35.1 Å². The van der Waals surface area contributed by atoms with Crippen molar-refractivity contribution in [2.24, 2.45) is 4.99 Å². The summed E-state index contributed by atoms with van der Waals surface area (Å²) < 4.78 is 0. The van der Waals surface area contributed by atoms with Gasteiger partial charge in [0.15, 0.2) is 5.82 Å². The van der Waals surface area contributed by atoms with Gasteiger partial charge >= 0.3 is 0 Å². The van der Waals surface area contributed by atoms with Gasteiger partial charge in [-0.3, -0.25) is 29.8 Å². The molecule has 5 heterocycles. The van der Waals surface area contributed by atoms with E-state index in [9.17, 15) is 4.79 Å². The quantitative estimate of drug-likeness (QED) is 0.242. The van der Waals surface area contributed by atoms with Gasteiger partial charge in [0.1, 0.15) is 11.2 Å². The Morgan fingerprint density at radius 2 is 1.88 bits per heavy atom. The summed E-state index contributed by atoms with van der Waals surface area (Å²) in [5.41, 5.74) is 7.05. The summed E-state index contributed by atoms with van der Waals surface area (Å²) in [6, 6.07) is 12.8. The number of benzene rings is 1. The lowest BCUT2D eigenvalue weighted by molar-refractivity contribution is 0.102. The second-order valence-electron chi connectivity index (χ2n) is 9.15. The molecule has 0 bridgehead atoms. The van der Waals surface area contributed by atoms with Crippen LogP contribution >= 0.6 is 0 Å². The molecule has 0 saturated carbocycles. The van der Waals surface area contributed by atoms with Crippen molar-refractivity contribution in [3.05, 3.63) is 90.9 Å². The average molecular weight is 529 g/mol. The van der Waals surface area contributed by atoms with Crippen molar-refractivity contribution in [3.63, 3.8) is 0 Å². The summed E-state index contributed by atoms with van der Waals surface area (Å²) in [5, 5.41) is 11.3. The van der Waals surface area contributed by atoms with E-state index >= 15 is 0 Å². The molecule has 40 heavy (non-hydrogen) atoms. The second kappa shape index (κ2) is 10.2. The maximum absolute atomic E-state index is 12.6. The predicted molar refractivity (Wildman–Crippen MR) is 156 cm³/mol. The van der Waals surface area contributed by atoms with Gasteiger partial charge in [-0.2, -0.15) is 5.10 Å². The van der Waals surface area contributed by atoms with Gasteiger partial charge in [0.25, 0.3) is 5.91 Å². The van der Waals surface area contributed by atoms with E-state index in [1.165, 1.54) is 0 Å². The van der Waals surface area contributed by atoms with Gasteiger partial charge in [0.05, 0.1) is 58.6 Å². The average Bonchev–Trinajstić information content (AvgIpc) is 3.61. The summed E-state index contributed by atoms with van der Waals surface area (Å²) in [7, 11) is 1.91. The number of pyridine rings is 3. The number of allylic oxidation sites excluding steroid dienone is 1. The van der Waals surface area contributed by atoms with Gasteiger partial charge in [-0.1, -0.05) is 18.2 Å². The number of hydrogen-bond donors (Lipinski definition) is 3. The molecule has 1 aromatic carbocycles. The van der Waals surface area contributed by atoms with Crippen LogP contribution in [0.25, 0.3) is 44.7 Å². The molecule has 0 atom stereocenters. The number of amides is 1. The number of aromatic amines is 2. The molecule has 0 radical (unpaired) electrons. The van der Waals surface area contributed by atoms with E-state index < -0.39 is 0 Å². The second-order valence-corrected chi connectivity index (χ2v) is 9.15. The number of aliphatic imine (C=N–C) groups is 1.